The molecule has 2 aliphatic carbocycles. The Kier molecular flexibility index (Phi) is 6.67. The molecule has 0 spiro atoms. The van der Waals surface area contributed by atoms with Gasteiger partial charge in [-0.2, -0.15) is 0 Å². The van der Waals surface area contributed by atoms with Crippen molar-refractivity contribution in [2.75, 3.05) is 6.61 Å². The van der Waals surface area contributed by atoms with E-state index >= 15 is 0 Å². The van der Waals surface area contributed by atoms with Gasteiger partial charge in [0.1, 0.15) is 18.7 Å². The fourth-order valence-corrected chi connectivity index (χ4v) is 4.70. The quantitative estimate of drug-likeness (QED) is 0.565. The lowest BCUT2D eigenvalue weighted by molar-refractivity contribution is -0.145. The van der Waals surface area contributed by atoms with E-state index in [9.17, 15) is 19.5 Å². The molecule has 2 aliphatic rings. The number of rotatable bonds is 8. The van der Waals surface area contributed by atoms with Gasteiger partial charge in [0.15, 0.2) is 0 Å². The van der Waals surface area contributed by atoms with Crippen molar-refractivity contribution < 1.29 is 24.2 Å². The van der Waals surface area contributed by atoms with E-state index in [4.69, 9.17) is 4.74 Å². The minimum atomic E-state index is -1.04. The summed E-state index contributed by atoms with van der Waals surface area (Å²) in [5.74, 6) is -1.92. The first-order valence-electron chi connectivity index (χ1n) is 11.5. The molecule has 2 aromatic rings. The zero-order valence-corrected chi connectivity index (χ0v) is 18.9. The molecule has 2 amide bonds. The number of fused-ring (bicyclic) bond motifs is 3. The summed E-state index contributed by atoms with van der Waals surface area (Å²) in [6.07, 6.45) is 1.84. The topological polar surface area (TPSA) is 105 Å². The second-order valence-electron chi connectivity index (χ2n) is 9.21. The molecule has 3 N–H and O–H groups in total. The monoisotopic (exact) mass is 450 g/mol. The predicted molar refractivity (Wildman–Crippen MR) is 124 cm³/mol. The fraction of sp³-hybridized carbons (Fsp3) is 0.423. The average molecular weight is 451 g/mol. The van der Waals surface area contributed by atoms with E-state index in [-0.39, 0.29) is 24.4 Å². The summed E-state index contributed by atoms with van der Waals surface area (Å²) in [6.45, 7) is 3.74. The van der Waals surface area contributed by atoms with Crippen LogP contribution in [0.4, 0.5) is 4.79 Å². The average Bonchev–Trinajstić information content (AvgIpc) is 3.07. The number of carboxylic acids is 1. The SMILES string of the molecule is CC(C)C(NC(=O)OCC1c2ccccc2-c2ccccc21)C(=O)NC(C(=O)O)C1CCC1. The number of hydrogen-bond donors (Lipinski definition) is 3. The van der Waals surface area contributed by atoms with Gasteiger partial charge in [0.05, 0.1) is 0 Å². The third kappa shape index (κ3) is 4.72. The van der Waals surface area contributed by atoms with Crippen LogP contribution in [0, 0.1) is 11.8 Å². The van der Waals surface area contributed by atoms with E-state index in [1.165, 1.54) is 0 Å². The van der Waals surface area contributed by atoms with Crippen molar-refractivity contribution in [3.05, 3.63) is 59.7 Å². The number of benzene rings is 2. The molecular weight excluding hydrogens is 420 g/mol. The van der Waals surface area contributed by atoms with Gasteiger partial charge in [0.25, 0.3) is 0 Å². The van der Waals surface area contributed by atoms with Crippen LogP contribution < -0.4 is 10.6 Å². The lowest BCUT2D eigenvalue weighted by Gasteiger charge is -2.33. The molecule has 2 unspecified atom stereocenters. The zero-order chi connectivity index (χ0) is 23.5. The van der Waals surface area contributed by atoms with Crippen LogP contribution in [0.3, 0.4) is 0 Å². The summed E-state index contributed by atoms with van der Waals surface area (Å²) in [6, 6.07) is 14.3. The maximum Gasteiger partial charge on any atom is 0.407 e. The predicted octanol–water partition coefficient (Wildman–Crippen LogP) is 3.92. The Morgan fingerprint density at radius 2 is 1.55 bits per heavy atom. The molecule has 7 nitrogen and oxygen atoms in total. The Morgan fingerprint density at radius 3 is 2.03 bits per heavy atom. The van der Waals surface area contributed by atoms with E-state index in [0.717, 1.165) is 41.5 Å². The Hall–Kier alpha value is -3.35. The highest BCUT2D eigenvalue weighted by Crippen LogP contribution is 2.44. The highest BCUT2D eigenvalue weighted by atomic mass is 16.5. The molecule has 174 valence electrons. The standard InChI is InChI=1S/C26H30N2O5/c1-15(2)22(24(29)27-23(25(30)31)16-8-7-9-16)28-26(32)33-14-21-19-12-5-3-10-17(19)18-11-4-6-13-20(18)21/h3-6,10-13,15-16,21-23H,7-9,14H2,1-2H3,(H,27,29)(H,28,32)(H,30,31). The van der Waals surface area contributed by atoms with Gasteiger partial charge in [0.2, 0.25) is 5.91 Å². The number of alkyl carbamates (subject to hydrolysis) is 1. The summed E-state index contributed by atoms with van der Waals surface area (Å²) in [4.78, 5) is 37.1. The molecule has 1 saturated carbocycles. The lowest BCUT2D eigenvalue weighted by atomic mass is 9.79. The van der Waals surface area contributed by atoms with Gasteiger partial charge in [-0.1, -0.05) is 68.8 Å². The molecule has 1 fully saturated rings. The Labute approximate surface area is 193 Å². The van der Waals surface area contributed by atoms with E-state index in [1.54, 1.807) is 13.8 Å². The van der Waals surface area contributed by atoms with E-state index in [0.29, 0.717) is 0 Å². The van der Waals surface area contributed by atoms with Crippen molar-refractivity contribution in [2.45, 2.75) is 51.1 Å². The summed E-state index contributed by atoms with van der Waals surface area (Å²) < 4.78 is 5.56. The molecule has 7 heteroatoms. The van der Waals surface area contributed by atoms with E-state index in [1.807, 2.05) is 36.4 Å². The van der Waals surface area contributed by atoms with Gasteiger partial charge < -0.3 is 20.5 Å². The van der Waals surface area contributed by atoms with E-state index in [2.05, 4.69) is 22.8 Å². The summed E-state index contributed by atoms with van der Waals surface area (Å²) in [7, 11) is 0. The van der Waals surface area contributed by atoms with Crippen LogP contribution in [0.1, 0.15) is 50.2 Å². The highest BCUT2D eigenvalue weighted by molar-refractivity contribution is 5.89. The first-order chi connectivity index (χ1) is 15.9. The van der Waals surface area contributed by atoms with Crippen molar-refractivity contribution in [3.8, 4) is 11.1 Å². The Morgan fingerprint density at radius 1 is 0.970 bits per heavy atom. The second-order valence-corrected chi connectivity index (χ2v) is 9.21. The maximum atomic E-state index is 12.8. The van der Waals surface area contributed by atoms with Gasteiger partial charge in [-0.25, -0.2) is 9.59 Å². The van der Waals surface area contributed by atoms with Crippen molar-refractivity contribution in [1.82, 2.24) is 10.6 Å². The van der Waals surface area contributed by atoms with Crippen LogP contribution in [0.15, 0.2) is 48.5 Å². The molecule has 0 aliphatic heterocycles. The van der Waals surface area contributed by atoms with Crippen LogP contribution >= 0.6 is 0 Å². The molecule has 0 heterocycles. The first kappa shape index (κ1) is 22.8. The third-order valence-electron chi connectivity index (χ3n) is 6.75. The molecule has 4 rings (SSSR count). The molecule has 33 heavy (non-hydrogen) atoms. The molecule has 0 aromatic heterocycles. The third-order valence-corrected chi connectivity index (χ3v) is 6.75. The molecule has 0 radical (unpaired) electrons. The largest absolute Gasteiger partial charge is 0.480 e. The summed E-state index contributed by atoms with van der Waals surface area (Å²) in [5.41, 5.74) is 4.48. The van der Waals surface area contributed by atoms with Gasteiger partial charge in [-0.05, 0) is 46.9 Å². The summed E-state index contributed by atoms with van der Waals surface area (Å²) >= 11 is 0. The second kappa shape index (κ2) is 9.65. The maximum absolute atomic E-state index is 12.8. The molecule has 0 saturated heterocycles. The number of amides is 2. The fourth-order valence-electron chi connectivity index (χ4n) is 4.70. The van der Waals surface area contributed by atoms with Gasteiger partial charge in [-0.3, -0.25) is 4.79 Å². The van der Waals surface area contributed by atoms with E-state index < -0.39 is 30.1 Å². The number of aliphatic carboxylic acids is 1. The van der Waals surface area contributed by atoms with Gasteiger partial charge in [0, 0.05) is 5.92 Å². The minimum absolute atomic E-state index is 0.0614. The number of carboxylic acid groups (broad SMARTS) is 1. The van der Waals surface area contributed by atoms with Crippen molar-refractivity contribution in [1.29, 1.82) is 0 Å². The number of hydrogen-bond acceptors (Lipinski definition) is 4. The highest BCUT2D eigenvalue weighted by Gasteiger charge is 2.36. The number of carbonyl (C=O) groups is 3. The molecule has 2 aromatic carbocycles. The Balaban J connectivity index is 1.40. The zero-order valence-electron chi connectivity index (χ0n) is 18.9. The van der Waals surface area contributed by atoms with Gasteiger partial charge >= 0.3 is 12.1 Å². The van der Waals surface area contributed by atoms with Gasteiger partial charge in [-0.15, -0.1) is 0 Å². The molecule has 2 atom stereocenters. The summed E-state index contributed by atoms with van der Waals surface area (Å²) in [5, 5.41) is 14.8. The number of carbonyl (C=O) groups excluding carboxylic acids is 2. The number of nitrogens with one attached hydrogen (secondary N) is 2. The normalized spacial score (nSPS) is 16.8. The Bertz CT molecular complexity index is 1000. The lowest BCUT2D eigenvalue weighted by Crippen LogP contribution is -2.56. The van der Waals surface area contributed by atoms with Crippen LogP contribution in [-0.4, -0.2) is 41.8 Å². The first-order valence-corrected chi connectivity index (χ1v) is 11.5. The van der Waals surface area contributed by atoms with Crippen molar-refractivity contribution in [3.63, 3.8) is 0 Å². The molecule has 0 bridgehead atoms. The van der Waals surface area contributed by atoms with Crippen LogP contribution in [0.5, 0.6) is 0 Å². The van der Waals surface area contributed by atoms with Crippen LogP contribution in [-0.2, 0) is 14.3 Å². The minimum Gasteiger partial charge on any atom is -0.480 e. The van der Waals surface area contributed by atoms with Crippen molar-refractivity contribution >= 4 is 18.0 Å². The van der Waals surface area contributed by atoms with Crippen molar-refractivity contribution in [2.24, 2.45) is 11.8 Å². The number of ether oxygens (including phenoxy) is 1. The smallest absolute Gasteiger partial charge is 0.407 e. The molecular formula is C26H30N2O5. The van der Waals surface area contributed by atoms with Crippen LogP contribution in [0.2, 0.25) is 0 Å². The van der Waals surface area contributed by atoms with Crippen LogP contribution in [0.25, 0.3) is 11.1 Å².